The second kappa shape index (κ2) is 5.95. The molecule has 6 nitrogen and oxygen atoms in total. The predicted octanol–water partition coefficient (Wildman–Crippen LogP) is 3.38. The summed E-state index contributed by atoms with van der Waals surface area (Å²) in [5.41, 5.74) is -0.309. The van der Waals surface area contributed by atoms with Crippen LogP contribution in [0, 0.1) is 5.92 Å². The normalized spacial score (nSPS) is 15.1. The van der Waals surface area contributed by atoms with E-state index in [-0.39, 0.29) is 41.0 Å². The van der Waals surface area contributed by atoms with Crippen molar-refractivity contribution in [2.45, 2.75) is 39.9 Å². The van der Waals surface area contributed by atoms with Crippen LogP contribution in [-0.2, 0) is 16.1 Å². The van der Waals surface area contributed by atoms with E-state index < -0.39 is 11.0 Å². The molecular formula is C19H20O6. The molecule has 1 aromatic carbocycles. The Morgan fingerprint density at radius 2 is 2.04 bits per heavy atom. The lowest BCUT2D eigenvalue weighted by molar-refractivity contribution is -0.149. The van der Waals surface area contributed by atoms with Crippen molar-refractivity contribution in [2.24, 2.45) is 5.92 Å². The number of hydrogen-bond acceptors (Lipinski definition) is 6. The Morgan fingerprint density at radius 3 is 2.72 bits per heavy atom. The summed E-state index contributed by atoms with van der Waals surface area (Å²) in [7, 11) is 0. The van der Waals surface area contributed by atoms with Gasteiger partial charge >= 0.3 is 5.97 Å². The molecule has 6 heteroatoms. The second-order valence-corrected chi connectivity index (χ2v) is 6.89. The summed E-state index contributed by atoms with van der Waals surface area (Å²) >= 11 is 0. The van der Waals surface area contributed by atoms with Crippen molar-refractivity contribution in [1.82, 2.24) is 0 Å². The van der Waals surface area contributed by atoms with E-state index in [1.54, 1.807) is 26.0 Å². The molecule has 1 aromatic heterocycles. The van der Waals surface area contributed by atoms with Crippen LogP contribution in [0.2, 0.25) is 0 Å². The number of carbonyl (C=O) groups is 1. The minimum atomic E-state index is -0.530. The number of fused-ring (bicyclic) bond motifs is 2. The zero-order chi connectivity index (χ0) is 18.4. The standard InChI is InChI=1S/C19H20O6/c1-10(2)18(22)23-9-11-7-13(20)16-15(24-11)8-14-12(17(16)21)5-6-19(3,4)25-14/h5-8,10,21H,9H2,1-4H3. The molecule has 0 unspecified atom stereocenters. The Kier molecular flexibility index (Phi) is 4.06. The molecular weight excluding hydrogens is 324 g/mol. The Hall–Kier alpha value is -2.76. The van der Waals surface area contributed by atoms with E-state index in [2.05, 4.69) is 0 Å². The van der Waals surface area contributed by atoms with Gasteiger partial charge in [-0.1, -0.05) is 13.8 Å². The van der Waals surface area contributed by atoms with Gasteiger partial charge in [-0.15, -0.1) is 0 Å². The maximum Gasteiger partial charge on any atom is 0.308 e. The van der Waals surface area contributed by atoms with Gasteiger partial charge in [-0.05, 0) is 26.0 Å². The minimum absolute atomic E-state index is 0.0747. The molecule has 25 heavy (non-hydrogen) atoms. The van der Waals surface area contributed by atoms with Gasteiger partial charge in [-0.25, -0.2) is 0 Å². The summed E-state index contributed by atoms with van der Waals surface area (Å²) in [5, 5.41) is 10.5. The summed E-state index contributed by atoms with van der Waals surface area (Å²) in [6, 6.07) is 2.80. The lowest BCUT2D eigenvalue weighted by Crippen LogP contribution is -2.27. The number of phenols is 1. The molecule has 0 radical (unpaired) electrons. The lowest BCUT2D eigenvalue weighted by Gasteiger charge is -2.28. The van der Waals surface area contributed by atoms with E-state index in [1.807, 2.05) is 19.9 Å². The number of carbonyl (C=O) groups excluding carboxylic acids is 1. The summed E-state index contributed by atoms with van der Waals surface area (Å²) in [4.78, 5) is 24.0. The molecule has 1 aliphatic heterocycles. The first-order valence-corrected chi connectivity index (χ1v) is 8.05. The van der Waals surface area contributed by atoms with E-state index in [1.165, 1.54) is 6.07 Å². The van der Waals surface area contributed by atoms with Crippen LogP contribution in [0.4, 0.5) is 0 Å². The lowest BCUT2D eigenvalue weighted by atomic mass is 10.00. The molecule has 2 heterocycles. The first-order valence-electron chi connectivity index (χ1n) is 8.05. The van der Waals surface area contributed by atoms with Crippen molar-refractivity contribution in [3.05, 3.63) is 39.8 Å². The van der Waals surface area contributed by atoms with Crippen LogP contribution in [0.5, 0.6) is 11.5 Å². The molecule has 2 aromatic rings. The minimum Gasteiger partial charge on any atom is -0.506 e. The fourth-order valence-electron chi connectivity index (χ4n) is 2.57. The third-order valence-electron chi connectivity index (χ3n) is 3.90. The van der Waals surface area contributed by atoms with Crippen molar-refractivity contribution < 1.29 is 23.8 Å². The van der Waals surface area contributed by atoms with Crippen molar-refractivity contribution in [3.8, 4) is 11.5 Å². The van der Waals surface area contributed by atoms with Crippen LogP contribution in [-0.4, -0.2) is 16.7 Å². The van der Waals surface area contributed by atoms with Crippen LogP contribution in [0.3, 0.4) is 0 Å². The molecule has 0 fully saturated rings. The number of esters is 1. The topological polar surface area (TPSA) is 86.0 Å². The Balaban J connectivity index is 2.05. The highest BCUT2D eigenvalue weighted by atomic mass is 16.5. The van der Waals surface area contributed by atoms with Gasteiger partial charge in [0.1, 0.15) is 40.4 Å². The van der Waals surface area contributed by atoms with Crippen LogP contribution in [0.15, 0.2) is 27.4 Å². The van der Waals surface area contributed by atoms with Crippen molar-refractivity contribution in [1.29, 1.82) is 0 Å². The van der Waals surface area contributed by atoms with Gasteiger partial charge in [0.05, 0.1) is 11.5 Å². The van der Waals surface area contributed by atoms with E-state index in [9.17, 15) is 14.7 Å². The molecule has 0 bridgehead atoms. The molecule has 0 aliphatic carbocycles. The van der Waals surface area contributed by atoms with E-state index in [0.717, 1.165) is 0 Å². The molecule has 0 saturated carbocycles. The Morgan fingerprint density at radius 1 is 1.32 bits per heavy atom. The molecule has 0 amide bonds. The van der Waals surface area contributed by atoms with Gasteiger partial charge in [0.15, 0.2) is 5.43 Å². The maximum atomic E-state index is 12.4. The van der Waals surface area contributed by atoms with Crippen LogP contribution < -0.4 is 10.2 Å². The molecule has 0 atom stereocenters. The van der Waals surface area contributed by atoms with Gasteiger partial charge in [0.25, 0.3) is 0 Å². The number of ether oxygens (including phenoxy) is 2. The van der Waals surface area contributed by atoms with Crippen LogP contribution >= 0.6 is 0 Å². The third kappa shape index (κ3) is 3.24. The van der Waals surface area contributed by atoms with Gasteiger partial charge in [0, 0.05) is 12.1 Å². The molecule has 1 N–H and O–H groups in total. The molecule has 0 saturated heterocycles. The summed E-state index contributed by atoms with van der Waals surface area (Å²) < 4.78 is 16.6. The maximum absolute atomic E-state index is 12.4. The molecule has 132 valence electrons. The average molecular weight is 344 g/mol. The van der Waals surface area contributed by atoms with Gasteiger partial charge in [-0.3, -0.25) is 9.59 Å². The first-order chi connectivity index (χ1) is 11.7. The van der Waals surface area contributed by atoms with Gasteiger partial charge in [0.2, 0.25) is 0 Å². The zero-order valence-electron chi connectivity index (χ0n) is 14.6. The largest absolute Gasteiger partial charge is 0.506 e. The van der Waals surface area contributed by atoms with E-state index >= 15 is 0 Å². The van der Waals surface area contributed by atoms with E-state index in [0.29, 0.717) is 11.3 Å². The third-order valence-corrected chi connectivity index (χ3v) is 3.90. The highest BCUT2D eigenvalue weighted by molar-refractivity contribution is 5.90. The monoisotopic (exact) mass is 344 g/mol. The summed E-state index contributed by atoms with van der Waals surface area (Å²) in [6.45, 7) is 7.05. The summed E-state index contributed by atoms with van der Waals surface area (Å²) in [5.74, 6) is -0.205. The number of hydrogen-bond donors (Lipinski definition) is 1. The number of phenolic OH excluding ortho intramolecular Hbond substituents is 1. The number of aromatic hydroxyl groups is 1. The average Bonchev–Trinajstić information content (AvgIpc) is 2.50. The number of benzene rings is 1. The van der Waals surface area contributed by atoms with Crippen molar-refractivity contribution in [3.63, 3.8) is 0 Å². The SMILES string of the molecule is CC(C)C(=O)OCc1cc(=O)c2c(O)c3c(cc2o1)OC(C)(C)C=C3. The van der Waals surface area contributed by atoms with Crippen molar-refractivity contribution >= 4 is 23.0 Å². The fourth-order valence-corrected chi connectivity index (χ4v) is 2.57. The second-order valence-electron chi connectivity index (χ2n) is 6.89. The first kappa shape index (κ1) is 17.1. The Labute approximate surface area is 144 Å². The molecule has 0 spiro atoms. The quantitative estimate of drug-likeness (QED) is 0.859. The number of rotatable bonds is 3. The molecule has 3 rings (SSSR count). The highest BCUT2D eigenvalue weighted by Crippen LogP contribution is 2.40. The van der Waals surface area contributed by atoms with E-state index in [4.69, 9.17) is 13.9 Å². The molecule has 1 aliphatic rings. The van der Waals surface area contributed by atoms with Gasteiger partial charge < -0.3 is 19.0 Å². The fraction of sp³-hybridized carbons (Fsp3) is 0.368. The summed E-state index contributed by atoms with van der Waals surface area (Å²) in [6.07, 6.45) is 3.54. The Bertz CT molecular complexity index is 933. The smallest absolute Gasteiger partial charge is 0.308 e. The van der Waals surface area contributed by atoms with Gasteiger partial charge in [-0.2, -0.15) is 0 Å². The van der Waals surface area contributed by atoms with Crippen LogP contribution in [0.25, 0.3) is 17.0 Å². The van der Waals surface area contributed by atoms with Crippen LogP contribution in [0.1, 0.15) is 39.0 Å². The van der Waals surface area contributed by atoms with Crippen molar-refractivity contribution in [2.75, 3.05) is 0 Å². The highest BCUT2D eigenvalue weighted by Gasteiger charge is 2.26. The zero-order valence-corrected chi connectivity index (χ0v) is 14.6. The predicted molar refractivity (Wildman–Crippen MR) is 92.5 cm³/mol.